The predicted molar refractivity (Wildman–Crippen MR) is 75.0 cm³/mol. The summed E-state index contributed by atoms with van der Waals surface area (Å²) in [6, 6.07) is 16.6. The minimum Gasteiger partial charge on any atom is -0.464 e. The van der Waals surface area contributed by atoms with E-state index in [1.807, 2.05) is 31.5 Å². The molecule has 0 aliphatic carbocycles. The van der Waals surface area contributed by atoms with Crippen LogP contribution in [0.15, 0.2) is 59.2 Å². The summed E-state index contributed by atoms with van der Waals surface area (Å²) in [7, 11) is 1.94. The summed E-state index contributed by atoms with van der Waals surface area (Å²) in [5, 5.41) is 4.36. The van der Waals surface area contributed by atoms with Gasteiger partial charge in [0.15, 0.2) is 0 Å². The minimum atomic E-state index is 0.895. The maximum Gasteiger partial charge on any atom is 0.134 e. The Bertz CT molecular complexity index is 669. The highest BCUT2D eigenvalue weighted by Crippen LogP contribution is 2.24. The van der Waals surface area contributed by atoms with Crippen LogP contribution in [0.25, 0.3) is 11.0 Å². The Morgan fingerprint density at radius 3 is 2.83 bits per heavy atom. The van der Waals surface area contributed by atoms with Crippen LogP contribution in [-0.2, 0) is 6.42 Å². The molecule has 90 valence electrons. The smallest absolute Gasteiger partial charge is 0.134 e. The molecule has 1 heterocycles. The van der Waals surface area contributed by atoms with E-state index in [9.17, 15) is 0 Å². The van der Waals surface area contributed by atoms with Gasteiger partial charge in [0.05, 0.1) is 6.26 Å². The third kappa shape index (κ3) is 1.97. The molecule has 0 aliphatic rings. The Morgan fingerprint density at radius 2 is 1.94 bits per heavy atom. The summed E-state index contributed by atoms with van der Waals surface area (Å²) in [5.74, 6) is 0. The molecule has 3 aromatic rings. The number of benzene rings is 2. The van der Waals surface area contributed by atoms with Crippen LogP contribution in [0.3, 0.4) is 0 Å². The Labute approximate surface area is 106 Å². The first kappa shape index (κ1) is 10.9. The van der Waals surface area contributed by atoms with Crippen LogP contribution in [0.1, 0.15) is 11.1 Å². The summed E-state index contributed by atoms with van der Waals surface area (Å²) < 4.78 is 5.56. The standard InChI is InChI=1S/C16H15NO/c1-17-14-6-4-5-12(10-14)9-13-11-18-16-8-3-2-7-15(13)16/h2-8,10-11,17H,9H2,1H3. The Kier molecular flexibility index (Phi) is 2.77. The number of furan rings is 1. The lowest BCUT2D eigenvalue weighted by Gasteiger charge is -2.03. The number of para-hydroxylation sites is 1. The molecular formula is C16H15NO. The topological polar surface area (TPSA) is 25.2 Å². The van der Waals surface area contributed by atoms with E-state index in [4.69, 9.17) is 4.42 Å². The van der Waals surface area contributed by atoms with Crippen molar-refractivity contribution in [1.82, 2.24) is 0 Å². The lowest BCUT2D eigenvalue weighted by atomic mass is 10.0. The molecule has 2 nitrogen and oxygen atoms in total. The second-order valence-electron chi connectivity index (χ2n) is 4.38. The maximum absolute atomic E-state index is 5.56. The van der Waals surface area contributed by atoms with Gasteiger partial charge in [-0.3, -0.25) is 0 Å². The predicted octanol–water partition coefficient (Wildman–Crippen LogP) is 4.07. The fourth-order valence-corrected chi connectivity index (χ4v) is 2.23. The third-order valence-electron chi connectivity index (χ3n) is 3.17. The molecule has 0 saturated heterocycles. The van der Waals surface area contributed by atoms with Gasteiger partial charge in [0, 0.05) is 30.1 Å². The number of hydrogen-bond acceptors (Lipinski definition) is 2. The molecule has 1 aromatic heterocycles. The van der Waals surface area contributed by atoms with Crippen molar-refractivity contribution < 1.29 is 4.42 Å². The Hall–Kier alpha value is -2.22. The number of nitrogens with one attached hydrogen (secondary N) is 1. The third-order valence-corrected chi connectivity index (χ3v) is 3.17. The summed E-state index contributed by atoms with van der Waals surface area (Å²) in [5.41, 5.74) is 4.62. The molecule has 0 saturated carbocycles. The first-order chi connectivity index (χ1) is 8.86. The van der Waals surface area contributed by atoms with Crippen LogP contribution in [0, 0.1) is 0 Å². The zero-order valence-electron chi connectivity index (χ0n) is 10.3. The van der Waals surface area contributed by atoms with Crippen LogP contribution >= 0.6 is 0 Å². The van der Waals surface area contributed by atoms with Crippen molar-refractivity contribution in [2.75, 3.05) is 12.4 Å². The molecule has 18 heavy (non-hydrogen) atoms. The van der Waals surface area contributed by atoms with Gasteiger partial charge in [-0.05, 0) is 23.8 Å². The molecule has 0 bridgehead atoms. The number of anilines is 1. The van der Waals surface area contributed by atoms with Crippen LogP contribution in [0.2, 0.25) is 0 Å². The van der Waals surface area contributed by atoms with E-state index in [-0.39, 0.29) is 0 Å². The summed E-state index contributed by atoms with van der Waals surface area (Å²) in [6.07, 6.45) is 2.75. The normalized spacial score (nSPS) is 10.7. The average molecular weight is 237 g/mol. The van der Waals surface area contributed by atoms with Crippen molar-refractivity contribution in [3.05, 3.63) is 65.9 Å². The minimum absolute atomic E-state index is 0.895. The average Bonchev–Trinajstić information content (AvgIpc) is 2.83. The van der Waals surface area contributed by atoms with E-state index in [0.29, 0.717) is 0 Å². The SMILES string of the molecule is CNc1cccc(Cc2coc3ccccc23)c1. The van der Waals surface area contributed by atoms with Crippen LogP contribution < -0.4 is 5.32 Å². The second kappa shape index (κ2) is 4.57. The molecule has 1 N–H and O–H groups in total. The van der Waals surface area contributed by atoms with Crippen molar-refractivity contribution in [2.45, 2.75) is 6.42 Å². The zero-order chi connectivity index (χ0) is 12.4. The van der Waals surface area contributed by atoms with Crippen molar-refractivity contribution in [3.63, 3.8) is 0 Å². The lowest BCUT2D eigenvalue weighted by Crippen LogP contribution is -1.91. The van der Waals surface area contributed by atoms with Gasteiger partial charge in [-0.25, -0.2) is 0 Å². The Morgan fingerprint density at radius 1 is 1.06 bits per heavy atom. The number of fused-ring (bicyclic) bond motifs is 1. The largest absolute Gasteiger partial charge is 0.464 e. The molecule has 3 rings (SSSR count). The highest BCUT2D eigenvalue weighted by molar-refractivity contribution is 5.81. The van der Waals surface area contributed by atoms with Crippen LogP contribution in [0.5, 0.6) is 0 Å². The summed E-state index contributed by atoms with van der Waals surface area (Å²) in [6.45, 7) is 0. The van der Waals surface area contributed by atoms with Gasteiger partial charge in [-0.1, -0.05) is 30.3 Å². The molecule has 0 radical (unpaired) electrons. The highest BCUT2D eigenvalue weighted by atomic mass is 16.3. The van der Waals surface area contributed by atoms with Gasteiger partial charge >= 0.3 is 0 Å². The fourth-order valence-electron chi connectivity index (χ4n) is 2.23. The highest BCUT2D eigenvalue weighted by Gasteiger charge is 2.05. The van der Waals surface area contributed by atoms with Crippen molar-refractivity contribution in [1.29, 1.82) is 0 Å². The number of rotatable bonds is 3. The second-order valence-corrected chi connectivity index (χ2v) is 4.38. The van der Waals surface area contributed by atoms with E-state index in [2.05, 4.69) is 35.6 Å². The zero-order valence-corrected chi connectivity index (χ0v) is 10.3. The van der Waals surface area contributed by atoms with E-state index in [1.54, 1.807) is 0 Å². The summed E-state index contributed by atoms with van der Waals surface area (Å²) >= 11 is 0. The van der Waals surface area contributed by atoms with Gasteiger partial charge in [0.25, 0.3) is 0 Å². The number of hydrogen-bond donors (Lipinski definition) is 1. The van der Waals surface area contributed by atoms with Crippen molar-refractivity contribution in [2.24, 2.45) is 0 Å². The fraction of sp³-hybridized carbons (Fsp3) is 0.125. The van der Waals surface area contributed by atoms with Gasteiger partial charge < -0.3 is 9.73 Å². The molecule has 0 fully saturated rings. The molecule has 2 aromatic carbocycles. The van der Waals surface area contributed by atoms with Gasteiger partial charge in [0.2, 0.25) is 0 Å². The first-order valence-corrected chi connectivity index (χ1v) is 6.08. The summed E-state index contributed by atoms with van der Waals surface area (Å²) in [4.78, 5) is 0. The Balaban J connectivity index is 1.96. The van der Waals surface area contributed by atoms with Crippen molar-refractivity contribution in [3.8, 4) is 0 Å². The molecule has 0 spiro atoms. The van der Waals surface area contributed by atoms with E-state index in [0.717, 1.165) is 17.7 Å². The van der Waals surface area contributed by atoms with E-state index in [1.165, 1.54) is 16.5 Å². The van der Waals surface area contributed by atoms with Gasteiger partial charge in [0.1, 0.15) is 5.58 Å². The van der Waals surface area contributed by atoms with Crippen molar-refractivity contribution >= 4 is 16.7 Å². The van der Waals surface area contributed by atoms with E-state index >= 15 is 0 Å². The van der Waals surface area contributed by atoms with Crippen LogP contribution in [-0.4, -0.2) is 7.05 Å². The van der Waals surface area contributed by atoms with E-state index < -0.39 is 0 Å². The molecule has 0 aliphatic heterocycles. The van der Waals surface area contributed by atoms with Gasteiger partial charge in [-0.2, -0.15) is 0 Å². The maximum atomic E-state index is 5.56. The first-order valence-electron chi connectivity index (χ1n) is 6.08. The van der Waals surface area contributed by atoms with Crippen LogP contribution in [0.4, 0.5) is 5.69 Å². The molecule has 2 heteroatoms. The quantitative estimate of drug-likeness (QED) is 0.743. The molecule has 0 unspecified atom stereocenters. The van der Waals surface area contributed by atoms with Gasteiger partial charge in [-0.15, -0.1) is 0 Å². The molecule has 0 atom stereocenters. The lowest BCUT2D eigenvalue weighted by molar-refractivity contribution is 0.611. The monoisotopic (exact) mass is 237 g/mol. The molecular weight excluding hydrogens is 222 g/mol. The molecule has 0 amide bonds.